The summed E-state index contributed by atoms with van der Waals surface area (Å²) in [5.74, 6) is -0.860. The molecule has 0 aliphatic rings. The quantitative estimate of drug-likeness (QED) is 0.660. The van der Waals surface area contributed by atoms with Crippen LogP contribution in [0.3, 0.4) is 0 Å². The molecule has 0 saturated heterocycles. The van der Waals surface area contributed by atoms with Crippen LogP contribution >= 0.6 is 23.2 Å². The van der Waals surface area contributed by atoms with Crippen LogP contribution in [0.4, 0.5) is 10.1 Å². The van der Waals surface area contributed by atoms with Crippen LogP contribution in [0.1, 0.15) is 27.3 Å². The molecule has 1 N–H and O–H groups in total. The molecule has 134 valence electrons. The number of halogens is 3. The molecule has 3 aromatic rings. The maximum absolute atomic E-state index is 13.3. The van der Waals surface area contributed by atoms with Crippen LogP contribution in [0.5, 0.6) is 0 Å². The van der Waals surface area contributed by atoms with Gasteiger partial charge in [0.05, 0.1) is 23.6 Å². The molecule has 0 spiro atoms. The van der Waals surface area contributed by atoms with Gasteiger partial charge in [-0.1, -0.05) is 35.3 Å². The first kappa shape index (κ1) is 18.4. The van der Waals surface area contributed by atoms with E-state index in [9.17, 15) is 9.18 Å². The van der Waals surface area contributed by atoms with Crippen molar-refractivity contribution in [1.29, 1.82) is 0 Å². The molecular formula is C19H16Cl2FN3O. The van der Waals surface area contributed by atoms with E-state index in [0.29, 0.717) is 28.0 Å². The van der Waals surface area contributed by atoms with Crippen molar-refractivity contribution in [2.24, 2.45) is 0 Å². The number of hydrogen-bond acceptors (Lipinski definition) is 2. The Hall–Kier alpha value is -2.37. The van der Waals surface area contributed by atoms with Gasteiger partial charge < -0.3 is 5.32 Å². The Labute approximate surface area is 160 Å². The standard InChI is InChI=1S/C19H16Cl2FN3O/c1-11-18(23-19(26)13-5-3-6-14(22)9-13)12(2)25(24-11)10-15-16(20)7-4-8-17(15)21/h3-9H,10H2,1-2H3,(H,23,26). The van der Waals surface area contributed by atoms with E-state index >= 15 is 0 Å². The molecule has 3 rings (SSSR count). The van der Waals surface area contributed by atoms with E-state index < -0.39 is 11.7 Å². The molecule has 0 atom stereocenters. The number of hydrogen-bond donors (Lipinski definition) is 1. The molecule has 0 aliphatic heterocycles. The van der Waals surface area contributed by atoms with Crippen LogP contribution in [0.2, 0.25) is 10.0 Å². The zero-order chi connectivity index (χ0) is 18.8. The van der Waals surface area contributed by atoms with Crippen LogP contribution in [0.25, 0.3) is 0 Å². The van der Waals surface area contributed by atoms with Crippen LogP contribution < -0.4 is 5.32 Å². The Kier molecular flexibility index (Phi) is 5.30. The number of benzene rings is 2. The molecule has 0 aliphatic carbocycles. The second-order valence-corrected chi connectivity index (χ2v) is 6.68. The van der Waals surface area contributed by atoms with Crippen molar-refractivity contribution in [1.82, 2.24) is 9.78 Å². The van der Waals surface area contributed by atoms with Gasteiger partial charge >= 0.3 is 0 Å². The minimum Gasteiger partial charge on any atom is -0.319 e. The lowest BCUT2D eigenvalue weighted by Gasteiger charge is -2.10. The van der Waals surface area contributed by atoms with Crippen LogP contribution in [-0.2, 0) is 6.54 Å². The van der Waals surface area contributed by atoms with Crippen LogP contribution in [0.15, 0.2) is 42.5 Å². The van der Waals surface area contributed by atoms with E-state index in [2.05, 4.69) is 10.4 Å². The predicted molar refractivity (Wildman–Crippen MR) is 102 cm³/mol. The lowest BCUT2D eigenvalue weighted by Crippen LogP contribution is -2.13. The van der Waals surface area contributed by atoms with Gasteiger partial charge in [0.15, 0.2) is 0 Å². The zero-order valence-corrected chi connectivity index (χ0v) is 15.7. The Balaban J connectivity index is 1.88. The van der Waals surface area contributed by atoms with Gasteiger partial charge in [0.2, 0.25) is 0 Å². The molecule has 7 heteroatoms. The summed E-state index contributed by atoms with van der Waals surface area (Å²) in [7, 11) is 0. The molecule has 0 unspecified atom stereocenters. The lowest BCUT2D eigenvalue weighted by molar-refractivity contribution is 0.102. The summed E-state index contributed by atoms with van der Waals surface area (Å²) in [4.78, 5) is 12.4. The topological polar surface area (TPSA) is 46.9 Å². The summed E-state index contributed by atoms with van der Waals surface area (Å²) < 4.78 is 15.1. The fourth-order valence-electron chi connectivity index (χ4n) is 2.68. The van der Waals surface area contributed by atoms with Gasteiger partial charge in [-0.15, -0.1) is 0 Å². The number of anilines is 1. The first-order valence-electron chi connectivity index (χ1n) is 7.90. The van der Waals surface area contributed by atoms with Crippen molar-refractivity contribution < 1.29 is 9.18 Å². The van der Waals surface area contributed by atoms with Crippen molar-refractivity contribution >= 4 is 34.8 Å². The number of aromatic nitrogens is 2. The molecule has 26 heavy (non-hydrogen) atoms. The molecule has 0 radical (unpaired) electrons. The summed E-state index contributed by atoms with van der Waals surface area (Å²) in [6.07, 6.45) is 0. The van der Waals surface area contributed by atoms with E-state index in [1.807, 2.05) is 6.92 Å². The van der Waals surface area contributed by atoms with E-state index in [1.165, 1.54) is 18.2 Å². The lowest BCUT2D eigenvalue weighted by atomic mass is 10.2. The number of rotatable bonds is 4. The molecule has 4 nitrogen and oxygen atoms in total. The SMILES string of the molecule is Cc1nn(Cc2c(Cl)cccc2Cl)c(C)c1NC(=O)c1cccc(F)c1. The molecule has 1 amide bonds. The average Bonchev–Trinajstić information content (AvgIpc) is 2.85. The smallest absolute Gasteiger partial charge is 0.255 e. The van der Waals surface area contributed by atoms with Crippen molar-refractivity contribution in [3.8, 4) is 0 Å². The van der Waals surface area contributed by atoms with Crippen LogP contribution in [-0.4, -0.2) is 15.7 Å². The van der Waals surface area contributed by atoms with Gasteiger partial charge in [-0.2, -0.15) is 5.10 Å². The number of amides is 1. The minimum absolute atomic E-state index is 0.241. The van der Waals surface area contributed by atoms with Crippen LogP contribution in [0, 0.1) is 19.7 Å². The zero-order valence-electron chi connectivity index (χ0n) is 14.2. The van der Waals surface area contributed by atoms with Crippen molar-refractivity contribution in [2.45, 2.75) is 20.4 Å². The fourth-order valence-corrected chi connectivity index (χ4v) is 3.20. The van der Waals surface area contributed by atoms with E-state index in [-0.39, 0.29) is 5.56 Å². The second-order valence-electron chi connectivity index (χ2n) is 5.87. The summed E-state index contributed by atoms with van der Waals surface area (Å²) in [6.45, 7) is 4.01. The number of aryl methyl sites for hydroxylation is 1. The van der Waals surface area contributed by atoms with Crippen molar-refractivity contribution in [3.05, 3.63) is 80.8 Å². The predicted octanol–water partition coefficient (Wildman–Crippen LogP) is 5.25. The maximum atomic E-state index is 13.3. The third-order valence-electron chi connectivity index (χ3n) is 4.08. The normalized spacial score (nSPS) is 10.8. The van der Waals surface area contributed by atoms with Crippen molar-refractivity contribution in [2.75, 3.05) is 5.32 Å². The highest BCUT2D eigenvalue weighted by Crippen LogP contribution is 2.27. The highest BCUT2D eigenvalue weighted by Gasteiger charge is 2.17. The Morgan fingerprint density at radius 1 is 1.15 bits per heavy atom. The molecule has 2 aromatic carbocycles. The van der Waals surface area contributed by atoms with Gasteiger partial charge in [-0.05, 0) is 44.2 Å². The number of carbonyl (C=O) groups excluding carboxylic acids is 1. The first-order chi connectivity index (χ1) is 12.4. The molecule has 0 bridgehead atoms. The molecule has 0 saturated carbocycles. The van der Waals surface area contributed by atoms with Gasteiger partial charge in [-0.25, -0.2) is 4.39 Å². The summed E-state index contributed by atoms with van der Waals surface area (Å²) in [6, 6.07) is 10.8. The summed E-state index contributed by atoms with van der Waals surface area (Å²) in [5.41, 5.74) is 2.98. The molecular weight excluding hydrogens is 376 g/mol. The highest BCUT2D eigenvalue weighted by atomic mass is 35.5. The number of nitrogens with zero attached hydrogens (tertiary/aromatic N) is 2. The van der Waals surface area contributed by atoms with Gasteiger partial charge in [0, 0.05) is 21.2 Å². The Bertz CT molecular complexity index is 965. The summed E-state index contributed by atoms with van der Waals surface area (Å²) >= 11 is 12.5. The first-order valence-corrected chi connectivity index (χ1v) is 8.66. The van der Waals surface area contributed by atoms with E-state index in [4.69, 9.17) is 23.2 Å². The maximum Gasteiger partial charge on any atom is 0.255 e. The van der Waals surface area contributed by atoms with Gasteiger partial charge in [0.25, 0.3) is 5.91 Å². The Morgan fingerprint density at radius 2 is 1.81 bits per heavy atom. The summed E-state index contributed by atoms with van der Waals surface area (Å²) in [5, 5.41) is 8.37. The fraction of sp³-hybridized carbons (Fsp3) is 0.158. The van der Waals surface area contributed by atoms with E-state index in [1.54, 1.807) is 35.9 Å². The minimum atomic E-state index is -0.463. The molecule has 1 heterocycles. The largest absolute Gasteiger partial charge is 0.319 e. The monoisotopic (exact) mass is 391 g/mol. The third-order valence-corrected chi connectivity index (χ3v) is 4.78. The second kappa shape index (κ2) is 7.48. The highest BCUT2D eigenvalue weighted by molar-refractivity contribution is 6.35. The van der Waals surface area contributed by atoms with Crippen molar-refractivity contribution in [3.63, 3.8) is 0 Å². The van der Waals surface area contributed by atoms with E-state index in [0.717, 1.165) is 11.3 Å². The third kappa shape index (κ3) is 3.74. The number of carbonyl (C=O) groups is 1. The van der Waals surface area contributed by atoms with Gasteiger partial charge in [0.1, 0.15) is 5.82 Å². The molecule has 1 aromatic heterocycles. The average molecular weight is 392 g/mol. The Morgan fingerprint density at radius 3 is 2.46 bits per heavy atom. The number of nitrogens with one attached hydrogen (secondary N) is 1. The molecule has 0 fully saturated rings. The van der Waals surface area contributed by atoms with Gasteiger partial charge in [-0.3, -0.25) is 9.48 Å².